The van der Waals surface area contributed by atoms with Gasteiger partial charge in [-0.2, -0.15) is 0 Å². The molecule has 3 heteroatoms. The van der Waals surface area contributed by atoms with E-state index in [9.17, 15) is 4.79 Å². The largest absolute Gasteiger partial charge is 0.486 e. The van der Waals surface area contributed by atoms with Crippen molar-refractivity contribution in [1.29, 1.82) is 0 Å². The number of aliphatic hydroxyl groups excluding tert-OH is 1. The van der Waals surface area contributed by atoms with Crippen molar-refractivity contribution in [3.8, 4) is 5.75 Å². The topological polar surface area (TPSA) is 46.5 Å². The highest BCUT2D eigenvalue weighted by molar-refractivity contribution is 5.84. The van der Waals surface area contributed by atoms with Crippen LogP contribution in [0.15, 0.2) is 18.2 Å². The number of ether oxygens (including phenoxy) is 1. The number of fused-ring (bicyclic) bond motifs is 1. The Kier molecular flexibility index (Phi) is 3.02. The van der Waals surface area contributed by atoms with E-state index in [1.54, 1.807) is 0 Å². The van der Waals surface area contributed by atoms with Crippen molar-refractivity contribution in [3.63, 3.8) is 0 Å². The van der Waals surface area contributed by atoms with Gasteiger partial charge in [0.2, 0.25) is 0 Å². The number of hydrogen-bond donors (Lipinski definition) is 1. The van der Waals surface area contributed by atoms with E-state index in [4.69, 9.17) is 9.84 Å². The van der Waals surface area contributed by atoms with Gasteiger partial charge in [-0.05, 0) is 24.5 Å². The summed E-state index contributed by atoms with van der Waals surface area (Å²) >= 11 is 0. The third-order valence-corrected chi connectivity index (χ3v) is 2.53. The van der Waals surface area contributed by atoms with Crippen LogP contribution in [0.5, 0.6) is 5.75 Å². The second-order valence-electron chi connectivity index (χ2n) is 3.77. The van der Waals surface area contributed by atoms with Crippen LogP contribution >= 0.6 is 0 Å². The lowest BCUT2D eigenvalue weighted by atomic mass is 10.0. The molecule has 1 heterocycles. The summed E-state index contributed by atoms with van der Waals surface area (Å²) in [5.41, 5.74) is 2.12. The van der Waals surface area contributed by atoms with E-state index in [1.165, 1.54) is 0 Å². The first-order valence-electron chi connectivity index (χ1n) is 5.17. The standard InChI is InChI=1S/C12H14O3/c13-5-1-2-9-3-4-10-7-11(14)8-15-12(10)6-9/h3-4,6,13H,1-2,5,7-8H2. The Morgan fingerprint density at radius 3 is 3.07 bits per heavy atom. The molecule has 1 aromatic rings. The molecule has 0 aliphatic carbocycles. The maximum atomic E-state index is 11.1. The zero-order chi connectivity index (χ0) is 10.7. The summed E-state index contributed by atoms with van der Waals surface area (Å²) in [5.74, 6) is 0.954. The average Bonchev–Trinajstić information content (AvgIpc) is 2.26. The predicted molar refractivity (Wildman–Crippen MR) is 56.1 cm³/mol. The summed E-state index contributed by atoms with van der Waals surface area (Å²) in [5, 5.41) is 8.72. The summed E-state index contributed by atoms with van der Waals surface area (Å²) < 4.78 is 5.34. The number of hydrogen-bond acceptors (Lipinski definition) is 3. The lowest BCUT2D eigenvalue weighted by molar-refractivity contribution is -0.121. The quantitative estimate of drug-likeness (QED) is 0.806. The summed E-state index contributed by atoms with van der Waals surface area (Å²) in [6.45, 7) is 0.396. The highest BCUT2D eigenvalue weighted by Gasteiger charge is 2.16. The van der Waals surface area contributed by atoms with Crippen LogP contribution in [-0.4, -0.2) is 24.1 Å². The molecule has 15 heavy (non-hydrogen) atoms. The second kappa shape index (κ2) is 4.45. The number of aryl methyl sites for hydroxylation is 1. The second-order valence-corrected chi connectivity index (χ2v) is 3.77. The zero-order valence-electron chi connectivity index (χ0n) is 8.53. The van der Waals surface area contributed by atoms with E-state index in [0.717, 1.165) is 29.7 Å². The van der Waals surface area contributed by atoms with Gasteiger partial charge in [0.15, 0.2) is 5.78 Å². The molecule has 0 radical (unpaired) electrons. The highest BCUT2D eigenvalue weighted by atomic mass is 16.5. The lowest BCUT2D eigenvalue weighted by Crippen LogP contribution is -2.20. The van der Waals surface area contributed by atoms with Gasteiger partial charge in [0.25, 0.3) is 0 Å². The van der Waals surface area contributed by atoms with Crippen molar-refractivity contribution in [3.05, 3.63) is 29.3 Å². The summed E-state index contributed by atoms with van der Waals surface area (Å²) in [7, 11) is 0. The number of Topliss-reactive ketones (excluding diaryl/α,β-unsaturated/α-hetero) is 1. The lowest BCUT2D eigenvalue weighted by Gasteiger charge is -2.17. The molecule has 1 aliphatic heterocycles. The molecule has 1 aliphatic rings. The van der Waals surface area contributed by atoms with Gasteiger partial charge >= 0.3 is 0 Å². The van der Waals surface area contributed by atoms with E-state index in [1.807, 2.05) is 18.2 Å². The molecular weight excluding hydrogens is 192 g/mol. The van der Waals surface area contributed by atoms with E-state index in [0.29, 0.717) is 6.42 Å². The first-order valence-corrected chi connectivity index (χ1v) is 5.17. The molecule has 0 fully saturated rings. The number of benzene rings is 1. The van der Waals surface area contributed by atoms with Gasteiger partial charge in [-0.25, -0.2) is 0 Å². The van der Waals surface area contributed by atoms with E-state index >= 15 is 0 Å². The molecule has 0 spiro atoms. The van der Waals surface area contributed by atoms with Crippen LogP contribution in [0.4, 0.5) is 0 Å². The van der Waals surface area contributed by atoms with Crippen LogP contribution in [0.3, 0.4) is 0 Å². The van der Waals surface area contributed by atoms with E-state index in [2.05, 4.69) is 0 Å². The molecule has 0 bridgehead atoms. The Morgan fingerprint density at radius 2 is 2.27 bits per heavy atom. The van der Waals surface area contributed by atoms with Crippen LogP contribution in [0.1, 0.15) is 17.5 Å². The SMILES string of the molecule is O=C1COc2cc(CCCO)ccc2C1. The van der Waals surface area contributed by atoms with Gasteiger partial charge in [0.1, 0.15) is 12.4 Å². The number of ketones is 1. The van der Waals surface area contributed by atoms with Crippen LogP contribution in [0.2, 0.25) is 0 Å². The number of aliphatic hydroxyl groups is 1. The minimum absolute atomic E-state index is 0.130. The summed E-state index contributed by atoms with van der Waals surface area (Å²) in [4.78, 5) is 11.1. The van der Waals surface area contributed by atoms with Gasteiger partial charge in [0, 0.05) is 18.6 Å². The Morgan fingerprint density at radius 1 is 1.40 bits per heavy atom. The van der Waals surface area contributed by atoms with Crippen LogP contribution < -0.4 is 4.74 Å². The monoisotopic (exact) mass is 206 g/mol. The third-order valence-electron chi connectivity index (χ3n) is 2.53. The Bertz CT molecular complexity index is 371. The number of rotatable bonds is 3. The molecule has 80 valence electrons. The number of carbonyl (C=O) groups excluding carboxylic acids is 1. The maximum Gasteiger partial charge on any atom is 0.174 e. The molecule has 1 N–H and O–H groups in total. The molecule has 0 unspecified atom stereocenters. The molecule has 0 saturated heterocycles. The number of carbonyl (C=O) groups is 1. The van der Waals surface area contributed by atoms with E-state index in [-0.39, 0.29) is 19.0 Å². The van der Waals surface area contributed by atoms with Crippen molar-refractivity contribution < 1.29 is 14.6 Å². The highest BCUT2D eigenvalue weighted by Crippen LogP contribution is 2.25. The Balaban J connectivity index is 2.15. The van der Waals surface area contributed by atoms with Crippen molar-refractivity contribution >= 4 is 5.78 Å². The molecule has 0 saturated carbocycles. The van der Waals surface area contributed by atoms with Gasteiger partial charge < -0.3 is 9.84 Å². The minimum atomic E-state index is 0.130. The minimum Gasteiger partial charge on any atom is -0.486 e. The zero-order valence-corrected chi connectivity index (χ0v) is 8.53. The molecular formula is C12H14O3. The van der Waals surface area contributed by atoms with Crippen LogP contribution in [0.25, 0.3) is 0 Å². The average molecular weight is 206 g/mol. The van der Waals surface area contributed by atoms with Gasteiger partial charge in [-0.3, -0.25) is 4.79 Å². The fourth-order valence-corrected chi connectivity index (χ4v) is 1.74. The maximum absolute atomic E-state index is 11.1. The van der Waals surface area contributed by atoms with Crippen LogP contribution in [0, 0.1) is 0 Å². The smallest absolute Gasteiger partial charge is 0.174 e. The van der Waals surface area contributed by atoms with Crippen molar-refractivity contribution in [2.75, 3.05) is 13.2 Å². The molecule has 0 atom stereocenters. The fraction of sp³-hybridized carbons (Fsp3) is 0.417. The predicted octanol–water partition coefficient (Wildman–Crippen LogP) is 1.12. The van der Waals surface area contributed by atoms with Gasteiger partial charge in [0.05, 0.1) is 0 Å². The normalized spacial score (nSPS) is 14.6. The molecule has 2 rings (SSSR count). The fourth-order valence-electron chi connectivity index (χ4n) is 1.74. The Labute approximate surface area is 88.7 Å². The molecule has 0 aromatic heterocycles. The molecule has 3 nitrogen and oxygen atoms in total. The first kappa shape index (κ1) is 10.2. The molecule has 1 aromatic carbocycles. The van der Waals surface area contributed by atoms with E-state index < -0.39 is 0 Å². The van der Waals surface area contributed by atoms with Crippen LogP contribution in [-0.2, 0) is 17.6 Å². The van der Waals surface area contributed by atoms with Crippen molar-refractivity contribution in [2.45, 2.75) is 19.3 Å². The third kappa shape index (κ3) is 2.36. The van der Waals surface area contributed by atoms with Crippen molar-refractivity contribution in [1.82, 2.24) is 0 Å². The summed E-state index contributed by atoms with van der Waals surface area (Å²) in [6, 6.07) is 5.91. The first-order chi connectivity index (χ1) is 7.29. The van der Waals surface area contributed by atoms with Gasteiger partial charge in [-0.1, -0.05) is 12.1 Å². The summed E-state index contributed by atoms with van der Waals surface area (Å²) in [6.07, 6.45) is 2.09. The molecule has 0 amide bonds. The van der Waals surface area contributed by atoms with Gasteiger partial charge in [-0.15, -0.1) is 0 Å². The Hall–Kier alpha value is -1.35. The van der Waals surface area contributed by atoms with Crippen molar-refractivity contribution in [2.24, 2.45) is 0 Å².